The van der Waals surface area contributed by atoms with E-state index in [0.717, 1.165) is 5.56 Å². The second-order valence-electron chi connectivity index (χ2n) is 3.05. The molecule has 0 amide bonds. The minimum atomic E-state index is -3.43. The first kappa shape index (κ1) is 12.4. The number of ether oxygens (including phenoxy) is 1. The van der Waals surface area contributed by atoms with Crippen LogP contribution in [-0.4, -0.2) is 20.8 Å². The Morgan fingerprint density at radius 2 is 1.87 bits per heavy atom. The third-order valence-corrected chi connectivity index (χ3v) is 2.68. The van der Waals surface area contributed by atoms with Gasteiger partial charge < -0.3 is 4.74 Å². The van der Waals surface area contributed by atoms with Crippen LogP contribution in [0.2, 0.25) is 5.02 Å². The van der Waals surface area contributed by atoms with Gasteiger partial charge in [-0.1, -0.05) is 23.7 Å². The van der Waals surface area contributed by atoms with Gasteiger partial charge in [-0.2, -0.15) is 0 Å². The molecule has 0 bridgehead atoms. The molecular weight excluding hydrogens is 238 g/mol. The summed E-state index contributed by atoms with van der Waals surface area (Å²) in [4.78, 5) is 0. The molecule has 15 heavy (non-hydrogen) atoms. The highest BCUT2D eigenvalue weighted by Gasteiger charge is 2.01. The van der Waals surface area contributed by atoms with Crippen LogP contribution >= 0.6 is 11.6 Å². The molecule has 0 aliphatic heterocycles. The molecule has 84 valence electrons. The number of primary sulfonamides is 1. The van der Waals surface area contributed by atoms with Crippen LogP contribution in [0.25, 0.3) is 0 Å². The van der Waals surface area contributed by atoms with Crippen molar-refractivity contribution >= 4 is 21.6 Å². The molecule has 6 heteroatoms. The van der Waals surface area contributed by atoms with E-state index in [1.807, 2.05) is 12.1 Å². The third-order valence-electron chi connectivity index (χ3n) is 1.69. The number of rotatable bonds is 5. The molecule has 4 nitrogen and oxygen atoms in total. The number of hydrogen-bond acceptors (Lipinski definition) is 3. The van der Waals surface area contributed by atoms with Gasteiger partial charge in [0.15, 0.2) is 0 Å². The van der Waals surface area contributed by atoms with Gasteiger partial charge in [0.05, 0.1) is 19.0 Å². The number of benzene rings is 1. The zero-order chi connectivity index (χ0) is 11.3. The lowest BCUT2D eigenvalue weighted by molar-refractivity contribution is 0.135. The standard InChI is InChI=1S/C9H12ClNO3S/c10-9-3-1-8(2-4-9)7-14-5-6-15(11,12)13/h1-4H,5-7H2,(H2,11,12,13). The molecule has 0 radical (unpaired) electrons. The van der Waals surface area contributed by atoms with Crippen molar-refractivity contribution in [2.45, 2.75) is 6.61 Å². The lowest BCUT2D eigenvalue weighted by Gasteiger charge is -2.03. The molecule has 1 aromatic rings. The average molecular weight is 250 g/mol. The summed E-state index contributed by atoms with van der Waals surface area (Å²) in [6.07, 6.45) is 0. The fourth-order valence-electron chi connectivity index (χ4n) is 0.946. The van der Waals surface area contributed by atoms with Gasteiger partial charge in [-0.25, -0.2) is 13.6 Å². The van der Waals surface area contributed by atoms with E-state index < -0.39 is 10.0 Å². The molecule has 1 rings (SSSR count). The van der Waals surface area contributed by atoms with E-state index in [0.29, 0.717) is 11.6 Å². The van der Waals surface area contributed by atoms with Crippen molar-refractivity contribution in [1.82, 2.24) is 0 Å². The summed E-state index contributed by atoms with van der Waals surface area (Å²) in [5, 5.41) is 5.47. The van der Waals surface area contributed by atoms with Gasteiger partial charge in [0.25, 0.3) is 0 Å². The largest absolute Gasteiger partial charge is 0.376 e. The highest BCUT2D eigenvalue weighted by Crippen LogP contribution is 2.10. The Bertz CT molecular complexity index is 402. The first-order chi connectivity index (χ1) is 6.97. The monoisotopic (exact) mass is 249 g/mol. The van der Waals surface area contributed by atoms with Crippen LogP contribution in [-0.2, 0) is 21.4 Å². The van der Waals surface area contributed by atoms with Crippen LogP contribution in [0.15, 0.2) is 24.3 Å². The van der Waals surface area contributed by atoms with Crippen molar-refractivity contribution in [3.63, 3.8) is 0 Å². The predicted molar refractivity (Wildman–Crippen MR) is 59.1 cm³/mol. The van der Waals surface area contributed by atoms with Gasteiger partial charge in [0.1, 0.15) is 0 Å². The lowest BCUT2D eigenvalue weighted by atomic mass is 10.2. The summed E-state index contributed by atoms with van der Waals surface area (Å²) in [5.41, 5.74) is 0.939. The van der Waals surface area contributed by atoms with E-state index >= 15 is 0 Å². The van der Waals surface area contributed by atoms with Crippen LogP contribution < -0.4 is 5.14 Å². The van der Waals surface area contributed by atoms with Gasteiger partial charge in [-0.15, -0.1) is 0 Å². The summed E-state index contributed by atoms with van der Waals surface area (Å²) in [5.74, 6) is -0.166. The summed E-state index contributed by atoms with van der Waals surface area (Å²) in [6, 6.07) is 7.14. The van der Waals surface area contributed by atoms with Gasteiger partial charge in [0.2, 0.25) is 10.0 Å². The Morgan fingerprint density at radius 1 is 1.27 bits per heavy atom. The quantitative estimate of drug-likeness (QED) is 0.796. The Labute approximate surface area is 94.0 Å². The molecule has 0 saturated heterocycles. The van der Waals surface area contributed by atoms with E-state index in [1.54, 1.807) is 12.1 Å². The normalized spacial score (nSPS) is 11.6. The topological polar surface area (TPSA) is 69.4 Å². The van der Waals surface area contributed by atoms with Gasteiger partial charge in [-0.3, -0.25) is 0 Å². The summed E-state index contributed by atoms with van der Waals surface area (Å²) < 4.78 is 26.3. The maximum atomic E-state index is 10.6. The number of halogens is 1. The molecule has 0 aliphatic rings. The van der Waals surface area contributed by atoms with E-state index in [1.165, 1.54) is 0 Å². The van der Waals surface area contributed by atoms with Crippen molar-refractivity contribution in [3.05, 3.63) is 34.9 Å². The highest BCUT2D eigenvalue weighted by atomic mass is 35.5. The number of sulfonamides is 1. The maximum absolute atomic E-state index is 10.6. The third kappa shape index (κ3) is 5.74. The van der Waals surface area contributed by atoms with Gasteiger partial charge in [-0.05, 0) is 17.7 Å². The smallest absolute Gasteiger partial charge is 0.211 e. The summed E-state index contributed by atoms with van der Waals surface area (Å²) >= 11 is 5.70. The second kappa shape index (κ2) is 5.46. The van der Waals surface area contributed by atoms with Gasteiger partial charge in [0, 0.05) is 5.02 Å². The number of nitrogens with two attached hydrogens (primary N) is 1. The maximum Gasteiger partial charge on any atom is 0.211 e. The minimum Gasteiger partial charge on any atom is -0.376 e. The lowest BCUT2D eigenvalue weighted by Crippen LogP contribution is -2.20. The second-order valence-corrected chi connectivity index (χ2v) is 5.22. The Hall–Kier alpha value is -0.620. The highest BCUT2D eigenvalue weighted by molar-refractivity contribution is 7.89. The van der Waals surface area contributed by atoms with Crippen LogP contribution in [0.5, 0.6) is 0 Å². The van der Waals surface area contributed by atoms with Crippen molar-refractivity contribution in [2.24, 2.45) is 5.14 Å². The predicted octanol–water partition coefficient (Wildman–Crippen LogP) is 1.15. The fourth-order valence-corrected chi connectivity index (χ4v) is 1.42. The van der Waals surface area contributed by atoms with Crippen LogP contribution in [0.1, 0.15) is 5.56 Å². The van der Waals surface area contributed by atoms with E-state index in [2.05, 4.69) is 0 Å². The molecule has 0 heterocycles. The molecule has 2 N–H and O–H groups in total. The molecule has 0 fully saturated rings. The van der Waals surface area contributed by atoms with Crippen LogP contribution in [0.4, 0.5) is 0 Å². The molecular formula is C9H12ClNO3S. The Morgan fingerprint density at radius 3 is 2.40 bits per heavy atom. The summed E-state index contributed by atoms with van der Waals surface area (Å²) in [7, 11) is -3.43. The van der Waals surface area contributed by atoms with Gasteiger partial charge >= 0.3 is 0 Å². The minimum absolute atomic E-state index is 0.0987. The van der Waals surface area contributed by atoms with Crippen molar-refractivity contribution in [2.75, 3.05) is 12.4 Å². The van der Waals surface area contributed by atoms with E-state index in [9.17, 15) is 8.42 Å². The first-order valence-corrected chi connectivity index (χ1v) is 6.39. The van der Waals surface area contributed by atoms with Crippen molar-refractivity contribution < 1.29 is 13.2 Å². The first-order valence-electron chi connectivity index (χ1n) is 4.30. The van der Waals surface area contributed by atoms with Crippen LogP contribution in [0.3, 0.4) is 0 Å². The number of hydrogen-bond donors (Lipinski definition) is 1. The molecule has 1 aromatic carbocycles. The van der Waals surface area contributed by atoms with Crippen molar-refractivity contribution in [1.29, 1.82) is 0 Å². The molecule has 0 atom stereocenters. The zero-order valence-corrected chi connectivity index (χ0v) is 9.59. The Kier molecular flexibility index (Phi) is 4.53. The van der Waals surface area contributed by atoms with Crippen molar-refractivity contribution in [3.8, 4) is 0 Å². The average Bonchev–Trinajstić information content (AvgIpc) is 2.14. The summed E-state index contributed by atoms with van der Waals surface area (Å²) in [6.45, 7) is 0.453. The molecule has 0 aromatic heterocycles. The van der Waals surface area contributed by atoms with Crippen LogP contribution in [0, 0.1) is 0 Å². The SMILES string of the molecule is NS(=O)(=O)CCOCc1ccc(Cl)cc1. The Balaban J connectivity index is 2.29. The fraction of sp³-hybridized carbons (Fsp3) is 0.333. The molecule has 0 aliphatic carbocycles. The molecule has 0 spiro atoms. The van der Waals surface area contributed by atoms with E-state index in [4.69, 9.17) is 21.5 Å². The molecule has 0 saturated carbocycles. The zero-order valence-electron chi connectivity index (χ0n) is 8.02. The van der Waals surface area contributed by atoms with E-state index in [-0.39, 0.29) is 12.4 Å². The molecule has 0 unspecified atom stereocenters.